The van der Waals surface area contributed by atoms with Gasteiger partial charge in [0.15, 0.2) is 0 Å². The Morgan fingerprint density at radius 3 is 2.29 bits per heavy atom. The smallest absolute Gasteiger partial charge is 0.238 e. The van der Waals surface area contributed by atoms with Crippen molar-refractivity contribution in [3.63, 3.8) is 0 Å². The zero-order valence-electron chi connectivity index (χ0n) is 8.92. The highest BCUT2D eigenvalue weighted by molar-refractivity contribution is 7.89. The first-order valence-corrected chi connectivity index (χ1v) is 6.49. The van der Waals surface area contributed by atoms with E-state index in [4.69, 9.17) is 16.3 Å². The van der Waals surface area contributed by atoms with E-state index in [0.29, 0.717) is 6.42 Å². The number of hydrogen-bond acceptors (Lipinski definition) is 4. The molecule has 1 saturated carbocycles. The molecule has 6 nitrogen and oxygen atoms in total. The number of rotatable bonds is 3. The summed E-state index contributed by atoms with van der Waals surface area (Å²) in [7, 11) is -3.70. The third kappa shape index (κ3) is 2.04. The van der Waals surface area contributed by atoms with E-state index in [9.17, 15) is 13.5 Å². The fourth-order valence-electron chi connectivity index (χ4n) is 1.83. The third-order valence-electron chi connectivity index (χ3n) is 3.01. The molecule has 1 aliphatic carbocycles. The zero-order valence-corrected chi connectivity index (χ0v) is 9.74. The zero-order chi connectivity index (χ0) is 12.8. The molecule has 0 spiro atoms. The van der Waals surface area contributed by atoms with Gasteiger partial charge in [-0.2, -0.15) is 0 Å². The number of nitrogens with two attached hydrogens (primary N) is 2. The quantitative estimate of drug-likeness (QED) is 0.428. The van der Waals surface area contributed by atoms with Crippen LogP contribution in [0, 0.1) is 5.41 Å². The van der Waals surface area contributed by atoms with Crippen molar-refractivity contribution >= 4 is 15.9 Å². The molecule has 0 heterocycles. The number of hydrogen-bond donors (Lipinski definition) is 4. The Balaban J connectivity index is 2.25. The van der Waals surface area contributed by atoms with E-state index in [2.05, 4.69) is 0 Å². The number of primary sulfonamides is 1. The second-order valence-corrected chi connectivity index (χ2v) is 5.77. The standard InChI is InChI=1S/C10H13N3O3S/c11-9(12)10(14)5-8(10)6-1-3-7(4-2-6)17(13,15)16/h1-4,8,14H,5H2,(H3,11,12)(H2,13,15,16). The summed E-state index contributed by atoms with van der Waals surface area (Å²) in [6.07, 6.45) is 0.386. The van der Waals surface area contributed by atoms with Crippen molar-refractivity contribution in [2.75, 3.05) is 0 Å². The molecule has 0 aromatic heterocycles. The molecule has 0 saturated heterocycles. The third-order valence-corrected chi connectivity index (χ3v) is 3.94. The minimum Gasteiger partial charge on any atom is -0.385 e. The molecular weight excluding hydrogens is 242 g/mol. The summed E-state index contributed by atoms with van der Waals surface area (Å²) in [6, 6.07) is 5.91. The Bertz CT molecular complexity index is 567. The van der Waals surface area contributed by atoms with Crippen LogP contribution in [-0.2, 0) is 10.0 Å². The molecule has 0 radical (unpaired) electrons. The number of amidine groups is 1. The lowest BCUT2D eigenvalue weighted by Crippen LogP contribution is -2.31. The van der Waals surface area contributed by atoms with Crippen LogP contribution in [0.2, 0.25) is 0 Å². The van der Waals surface area contributed by atoms with Crippen molar-refractivity contribution in [3.8, 4) is 0 Å². The highest BCUT2D eigenvalue weighted by Crippen LogP contribution is 2.51. The molecular formula is C10H13N3O3S. The van der Waals surface area contributed by atoms with Crippen molar-refractivity contribution in [2.45, 2.75) is 22.8 Å². The van der Waals surface area contributed by atoms with Gasteiger partial charge in [-0.05, 0) is 24.1 Å². The van der Waals surface area contributed by atoms with E-state index < -0.39 is 15.6 Å². The Labute approximate surface area is 98.8 Å². The van der Waals surface area contributed by atoms with Crippen LogP contribution in [0.15, 0.2) is 29.2 Å². The van der Waals surface area contributed by atoms with Crippen molar-refractivity contribution < 1.29 is 13.5 Å². The first kappa shape index (κ1) is 12.0. The van der Waals surface area contributed by atoms with E-state index in [1.165, 1.54) is 12.1 Å². The summed E-state index contributed by atoms with van der Waals surface area (Å²) in [5.74, 6) is -0.507. The molecule has 1 aromatic carbocycles. The maximum absolute atomic E-state index is 11.0. The fraction of sp³-hybridized carbons (Fsp3) is 0.300. The van der Waals surface area contributed by atoms with Gasteiger partial charge >= 0.3 is 0 Å². The lowest BCUT2D eigenvalue weighted by atomic mass is 10.1. The normalized spacial score (nSPS) is 27.8. The van der Waals surface area contributed by atoms with Crippen molar-refractivity contribution in [1.82, 2.24) is 0 Å². The molecule has 1 fully saturated rings. The maximum atomic E-state index is 11.0. The van der Waals surface area contributed by atoms with Crippen LogP contribution < -0.4 is 10.9 Å². The Morgan fingerprint density at radius 2 is 1.94 bits per heavy atom. The average Bonchev–Trinajstić information content (AvgIpc) is 2.91. The van der Waals surface area contributed by atoms with Gasteiger partial charge in [-0.25, -0.2) is 13.6 Å². The summed E-state index contributed by atoms with van der Waals surface area (Å²) < 4.78 is 22.1. The van der Waals surface area contributed by atoms with Crippen molar-refractivity contribution in [1.29, 1.82) is 5.41 Å². The molecule has 2 unspecified atom stereocenters. The maximum Gasteiger partial charge on any atom is 0.238 e. The Morgan fingerprint density at radius 1 is 1.41 bits per heavy atom. The summed E-state index contributed by atoms with van der Waals surface area (Å²) in [4.78, 5) is 0.0215. The second-order valence-electron chi connectivity index (χ2n) is 4.21. The molecule has 2 atom stereocenters. The Hall–Kier alpha value is -1.44. The molecule has 1 aliphatic rings. The van der Waals surface area contributed by atoms with Gasteiger partial charge in [-0.15, -0.1) is 0 Å². The molecule has 2 rings (SSSR count). The van der Waals surface area contributed by atoms with E-state index >= 15 is 0 Å². The van der Waals surface area contributed by atoms with Gasteiger partial charge < -0.3 is 10.8 Å². The highest BCUT2D eigenvalue weighted by Gasteiger charge is 2.56. The van der Waals surface area contributed by atoms with Crippen LogP contribution in [0.25, 0.3) is 0 Å². The second kappa shape index (κ2) is 3.52. The van der Waals surface area contributed by atoms with Gasteiger partial charge in [0.2, 0.25) is 10.0 Å². The van der Waals surface area contributed by atoms with Crippen LogP contribution >= 0.6 is 0 Å². The van der Waals surface area contributed by atoms with Gasteiger partial charge in [0.1, 0.15) is 11.4 Å². The van der Waals surface area contributed by atoms with Crippen molar-refractivity contribution in [2.24, 2.45) is 10.9 Å². The number of sulfonamides is 1. The van der Waals surface area contributed by atoms with Gasteiger partial charge in [0, 0.05) is 5.92 Å². The number of aliphatic hydroxyl groups is 1. The first-order chi connectivity index (χ1) is 7.75. The predicted octanol–water partition coefficient (Wildman–Crippen LogP) is -0.512. The van der Waals surface area contributed by atoms with Crippen molar-refractivity contribution in [3.05, 3.63) is 29.8 Å². The Kier molecular flexibility index (Phi) is 2.49. The molecule has 0 bridgehead atoms. The van der Waals surface area contributed by atoms with E-state index in [1.54, 1.807) is 12.1 Å². The summed E-state index contributed by atoms with van der Waals surface area (Å²) in [5, 5.41) is 22.1. The molecule has 7 heteroatoms. The molecule has 17 heavy (non-hydrogen) atoms. The molecule has 92 valence electrons. The average molecular weight is 255 g/mol. The van der Waals surface area contributed by atoms with Gasteiger partial charge in [0.05, 0.1) is 4.90 Å². The summed E-state index contributed by atoms with van der Waals surface area (Å²) >= 11 is 0. The van der Waals surface area contributed by atoms with Crippen LogP contribution in [-0.4, -0.2) is 25.0 Å². The lowest BCUT2D eigenvalue weighted by molar-refractivity contribution is 0.212. The molecule has 0 aliphatic heterocycles. The molecule has 0 amide bonds. The topological polar surface area (TPSA) is 130 Å². The highest BCUT2D eigenvalue weighted by atomic mass is 32.2. The van der Waals surface area contributed by atoms with E-state index in [-0.39, 0.29) is 16.6 Å². The number of benzene rings is 1. The van der Waals surface area contributed by atoms with Crippen LogP contribution in [0.3, 0.4) is 0 Å². The van der Waals surface area contributed by atoms with Crippen LogP contribution in [0.1, 0.15) is 17.9 Å². The van der Waals surface area contributed by atoms with Gasteiger partial charge in [-0.3, -0.25) is 5.41 Å². The van der Waals surface area contributed by atoms with E-state index in [1.807, 2.05) is 0 Å². The van der Waals surface area contributed by atoms with Gasteiger partial charge in [-0.1, -0.05) is 12.1 Å². The summed E-state index contributed by atoms with van der Waals surface area (Å²) in [6.45, 7) is 0. The lowest BCUT2D eigenvalue weighted by Gasteiger charge is -2.08. The SMILES string of the molecule is N=C(N)C1(O)CC1c1ccc(S(N)(=O)=O)cc1. The number of nitrogens with one attached hydrogen (secondary N) is 1. The monoisotopic (exact) mass is 255 g/mol. The van der Waals surface area contributed by atoms with Gasteiger partial charge in [0.25, 0.3) is 0 Å². The summed E-state index contributed by atoms with van der Waals surface area (Å²) in [5.41, 5.74) is 4.75. The van der Waals surface area contributed by atoms with Crippen LogP contribution in [0.4, 0.5) is 0 Å². The molecule has 1 aromatic rings. The first-order valence-electron chi connectivity index (χ1n) is 4.95. The fourth-order valence-corrected chi connectivity index (χ4v) is 2.35. The van der Waals surface area contributed by atoms with Crippen LogP contribution in [0.5, 0.6) is 0 Å². The minimum absolute atomic E-state index is 0.0215. The molecule has 6 N–H and O–H groups in total. The predicted molar refractivity (Wildman–Crippen MR) is 62.0 cm³/mol. The minimum atomic E-state index is -3.70. The largest absolute Gasteiger partial charge is 0.385 e. The van der Waals surface area contributed by atoms with E-state index in [0.717, 1.165) is 5.56 Å².